The van der Waals surface area contributed by atoms with Crippen molar-refractivity contribution in [3.05, 3.63) is 93.5 Å². The van der Waals surface area contributed by atoms with Gasteiger partial charge in [0.15, 0.2) is 0 Å². The third-order valence-corrected chi connectivity index (χ3v) is 8.79. The number of amides is 2. The number of rotatable bonds is 11. The normalized spacial score (nSPS) is 12.1. The fraction of sp³-hybridized carbons (Fsp3) is 0.333. The van der Waals surface area contributed by atoms with Gasteiger partial charge in [0.05, 0.1) is 10.6 Å². The zero-order valence-electron chi connectivity index (χ0n) is 23.1. The van der Waals surface area contributed by atoms with E-state index in [1.165, 1.54) is 4.90 Å². The van der Waals surface area contributed by atoms with Gasteiger partial charge < -0.3 is 10.2 Å². The van der Waals surface area contributed by atoms with Gasteiger partial charge in [0.2, 0.25) is 11.8 Å². The predicted molar refractivity (Wildman–Crippen MR) is 159 cm³/mol. The van der Waals surface area contributed by atoms with Crippen LogP contribution >= 0.6 is 15.9 Å². The van der Waals surface area contributed by atoms with E-state index < -0.39 is 28.5 Å². The summed E-state index contributed by atoms with van der Waals surface area (Å²) in [7, 11) is -4.09. The first-order valence-corrected chi connectivity index (χ1v) is 15.2. The number of nitrogens with zero attached hydrogens (tertiary/aromatic N) is 2. The third kappa shape index (κ3) is 7.70. The van der Waals surface area contributed by atoms with Gasteiger partial charge >= 0.3 is 0 Å². The quantitative estimate of drug-likeness (QED) is 0.309. The van der Waals surface area contributed by atoms with Crippen molar-refractivity contribution in [3.8, 4) is 0 Å². The van der Waals surface area contributed by atoms with Gasteiger partial charge in [-0.15, -0.1) is 0 Å². The van der Waals surface area contributed by atoms with Crippen LogP contribution in [0.25, 0.3) is 0 Å². The van der Waals surface area contributed by atoms with Gasteiger partial charge in [0.25, 0.3) is 10.0 Å². The Morgan fingerprint density at radius 2 is 1.54 bits per heavy atom. The molecular weight excluding hydrogens is 578 g/mol. The molecule has 1 unspecified atom stereocenters. The Bertz CT molecular complexity index is 1410. The second-order valence-corrected chi connectivity index (χ2v) is 12.5. The maximum Gasteiger partial charge on any atom is 0.264 e. The van der Waals surface area contributed by atoms with Gasteiger partial charge in [-0.1, -0.05) is 70.4 Å². The average molecular weight is 615 g/mol. The zero-order chi connectivity index (χ0) is 28.7. The second-order valence-electron chi connectivity index (χ2n) is 9.73. The van der Waals surface area contributed by atoms with Crippen molar-refractivity contribution in [1.82, 2.24) is 10.2 Å². The molecule has 9 heteroatoms. The Hall–Kier alpha value is -3.17. The van der Waals surface area contributed by atoms with Crippen LogP contribution in [0.5, 0.6) is 0 Å². The Morgan fingerprint density at radius 3 is 2.13 bits per heavy atom. The van der Waals surface area contributed by atoms with E-state index in [4.69, 9.17) is 0 Å². The molecule has 2 amide bonds. The minimum Gasteiger partial charge on any atom is -0.354 e. The van der Waals surface area contributed by atoms with Crippen LogP contribution in [0.2, 0.25) is 0 Å². The number of anilines is 1. The van der Waals surface area contributed by atoms with E-state index in [-0.39, 0.29) is 17.3 Å². The van der Waals surface area contributed by atoms with Crippen molar-refractivity contribution < 1.29 is 18.0 Å². The van der Waals surface area contributed by atoms with Crippen molar-refractivity contribution in [1.29, 1.82) is 0 Å². The smallest absolute Gasteiger partial charge is 0.264 e. The molecule has 3 aromatic rings. The maximum atomic E-state index is 14.0. The molecule has 0 radical (unpaired) electrons. The first kappa shape index (κ1) is 30.4. The van der Waals surface area contributed by atoms with Crippen molar-refractivity contribution in [2.45, 2.75) is 58.5 Å². The van der Waals surface area contributed by atoms with Crippen LogP contribution in [0.1, 0.15) is 42.5 Å². The summed E-state index contributed by atoms with van der Waals surface area (Å²) >= 11 is 3.42. The summed E-state index contributed by atoms with van der Waals surface area (Å²) in [5.74, 6) is -0.769. The van der Waals surface area contributed by atoms with Crippen LogP contribution in [0.4, 0.5) is 5.69 Å². The summed E-state index contributed by atoms with van der Waals surface area (Å²) in [6.45, 7) is 9.43. The Labute approximate surface area is 240 Å². The van der Waals surface area contributed by atoms with E-state index in [9.17, 15) is 18.0 Å². The Kier molecular flexibility index (Phi) is 10.3. The van der Waals surface area contributed by atoms with E-state index in [1.807, 2.05) is 64.1 Å². The number of nitrogens with one attached hydrogen (secondary N) is 1. The molecule has 208 valence electrons. The van der Waals surface area contributed by atoms with Crippen molar-refractivity contribution in [2.75, 3.05) is 17.4 Å². The summed E-state index contributed by atoms with van der Waals surface area (Å²) in [6.07, 6.45) is 0.758. The lowest BCUT2D eigenvalue weighted by Gasteiger charge is -2.32. The van der Waals surface area contributed by atoms with E-state index in [0.717, 1.165) is 37.5 Å². The van der Waals surface area contributed by atoms with Crippen LogP contribution in [0.3, 0.4) is 0 Å². The molecule has 0 saturated heterocycles. The molecule has 0 heterocycles. The number of halogens is 1. The molecule has 1 atom stereocenters. The van der Waals surface area contributed by atoms with Crippen molar-refractivity contribution in [3.63, 3.8) is 0 Å². The highest BCUT2D eigenvalue weighted by molar-refractivity contribution is 9.10. The van der Waals surface area contributed by atoms with Gasteiger partial charge in [-0.2, -0.15) is 0 Å². The minimum absolute atomic E-state index is 0.0917. The molecule has 0 fully saturated rings. The summed E-state index contributed by atoms with van der Waals surface area (Å²) in [6, 6.07) is 18.6. The highest BCUT2D eigenvalue weighted by Crippen LogP contribution is 2.28. The average Bonchev–Trinajstić information content (AvgIpc) is 2.90. The highest BCUT2D eigenvalue weighted by Gasteiger charge is 2.33. The Morgan fingerprint density at radius 1 is 0.923 bits per heavy atom. The first-order valence-electron chi connectivity index (χ1n) is 12.9. The minimum atomic E-state index is -4.09. The molecule has 3 aromatic carbocycles. The Balaban J connectivity index is 2.05. The number of carbonyl (C=O) groups excluding carboxylic acids is 2. The van der Waals surface area contributed by atoms with Crippen molar-refractivity contribution in [2.24, 2.45) is 0 Å². The summed E-state index contributed by atoms with van der Waals surface area (Å²) in [5.41, 5.74) is 3.87. The lowest BCUT2D eigenvalue weighted by molar-refractivity contribution is -0.139. The summed E-state index contributed by atoms with van der Waals surface area (Å²) < 4.78 is 29.9. The van der Waals surface area contributed by atoms with Crippen LogP contribution in [0, 0.1) is 20.8 Å². The number of hydrogen-bond acceptors (Lipinski definition) is 4. The van der Waals surface area contributed by atoms with E-state index in [1.54, 1.807) is 37.3 Å². The second kappa shape index (κ2) is 13.3. The number of benzene rings is 3. The van der Waals surface area contributed by atoms with Crippen LogP contribution in [-0.4, -0.2) is 44.3 Å². The monoisotopic (exact) mass is 613 g/mol. The van der Waals surface area contributed by atoms with Crippen LogP contribution < -0.4 is 9.62 Å². The summed E-state index contributed by atoms with van der Waals surface area (Å²) in [4.78, 5) is 28.4. The van der Waals surface area contributed by atoms with Gasteiger partial charge in [-0.05, 0) is 75.6 Å². The molecule has 0 spiro atoms. The number of carbonyl (C=O) groups is 2. The molecule has 3 rings (SSSR count). The van der Waals surface area contributed by atoms with Gasteiger partial charge in [0, 0.05) is 17.6 Å². The standard InChI is InChI=1S/C30H36BrN3O4S/c1-6-17-32-30(36)24(5)33(19-25-10-12-26(31)13-11-25)29(35)20-34(28-16-9-22(3)18-23(28)4)39(37,38)27-14-7-21(2)8-15-27/h7-16,18,24H,6,17,19-20H2,1-5H3,(H,32,36). The number of hydrogen-bond donors (Lipinski definition) is 1. The maximum absolute atomic E-state index is 14.0. The topological polar surface area (TPSA) is 86.8 Å². The molecule has 0 bridgehead atoms. The number of sulfonamides is 1. The molecule has 0 saturated carbocycles. The molecule has 0 aliphatic heterocycles. The molecule has 39 heavy (non-hydrogen) atoms. The fourth-order valence-electron chi connectivity index (χ4n) is 4.20. The molecule has 0 aliphatic carbocycles. The summed E-state index contributed by atoms with van der Waals surface area (Å²) in [5, 5.41) is 2.85. The van der Waals surface area contributed by atoms with Gasteiger partial charge in [-0.25, -0.2) is 8.42 Å². The largest absolute Gasteiger partial charge is 0.354 e. The number of aryl methyl sites for hydroxylation is 3. The predicted octanol–water partition coefficient (Wildman–Crippen LogP) is 5.51. The SMILES string of the molecule is CCCNC(=O)C(C)N(Cc1ccc(Br)cc1)C(=O)CN(c1ccc(C)cc1C)S(=O)(=O)c1ccc(C)cc1. The van der Waals surface area contributed by atoms with E-state index in [0.29, 0.717) is 12.2 Å². The van der Waals surface area contributed by atoms with Crippen LogP contribution in [-0.2, 0) is 26.2 Å². The van der Waals surface area contributed by atoms with Crippen molar-refractivity contribution >= 4 is 43.5 Å². The molecule has 7 nitrogen and oxygen atoms in total. The highest BCUT2D eigenvalue weighted by atomic mass is 79.9. The molecule has 0 aliphatic rings. The molecule has 1 N–H and O–H groups in total. The third-order valence-electron chi connectivity index (χ3n) is 6.49. The first-order chi connectivity index (χ1) is 18.4. The van der Waals surface area contributed by atoms with Gasteiger partial charge in [-0.3, -0.25) is 13.9 Å². The van der Waals surface area contributed by atoms with Gasteiger partial charge in [0.1, 0.15) is 12.6 Å². The fourth-order valence-corrected chi connectivity index (χ4v) is 5.94. The van der Waals surface area contributed by atoms with E-state index in [2.05, 4.69) is 21.2 Å². The molecular formula is C30H36BrN3O4S. The van der Waals surface area contributed by atoms with Crippen LogP contribution in [0.15, 0.2) is 76.1 Å². The lowest BCUT2D eigenvalue weighted by Crippen LogP contribution is -2.51. The zero-order valence-corrected chi connectivity index (χ0v) is 25.5. The van der Waals surface area contributed by atoms with E-state index >= 15 is 0 Å². The molecule has 0 aromatic heterocycles. The lowest BCUT2D eigenvalue weighted by atomic mass is 10.1.